The summed E-state index contributed by atoms with van der Waals surface area (Å²) in [5, 5.41) is 9.35. The maximum Gasteiger partial charge on any atom is 0.168 e. The second-order valence-corrected chi connectivity index (χ2v) is 3.86. The number of aliphatic hydroxyl groups is 1. The van der Waals surface area contributed by atoms with Gasteiger partial charge in [0.15, 0.2) is 11.6 Å². The Morgan fingerprint density at radius 1 is 1.40 bits per heavy atom. The van der Waals surface area contributed by atoms with Crippen LogP contribution in [0.25, 0.3) is 0 Å². The molecule has 1 N–H and O–H groups in total. The fraction of sp³-hybridized carbons (Fsp3) is 0.500. The molecule has 0 saturated heterocycles. The summed E-state index contributed by atoms with van der Waals surface area (Å²) in [7, 11) is 1.44. The average molecular weight is 212 g/mol. The average Bonchev–Trinajstić information content (AvgIpc) is 2.21. The number of rotatable bonds is 4. The maximum absolute atomic E-state index is 13.7. The molecule has 0 aliphatic rings. The zero-order chi connectivity index (χ0) is 11.4. The molecule has 0 aliphatic carbocycles. The highest BCUT2D eigenvalue weighted by Crippen LogP contribution is 2.22. The van der Waals surface area contributed by atoms with Gasteiger partial charge in [0.1, 0.15) is 0 Å². The molecule has 2 unspecified atom stereocenters. The molecule has 0 amide bonds. The van der Waals surface area contributed by atoms with Crippen molar-refractivity contribution < 1.29 is 14.2 Å². The van der Waals surface area contributed by atoms with Crippen molar-refractivity contribution in [2.24, 2.45) is 5.92 Å². The van der Waals surface area contributed by atoms with Crippen molar-refractivity contribution in [2.45, 2.75) is 26.4 Å². The Balaban J connectivity index is 2.86. The molecule has 0 heterocycles. The van der Waals surface area contributed by atoms with Crippen molar-refractivity contribution in [1.82, 2.24) is 0 Å². The molecule has 2 nitrogen and oxygen atoms in total. The van der Waals surface area contributed by atoms with Gasteiger partial charge in [-0.2, -0.15) is 0 Å². The first kappa shape index (κ1) is 12.0. The summed E-state index contributed by atoms with van der Waals surface area (Å²) in [5.74, 6) is -0.0376. The summed E-state index contributed by atoms with van der Waals surface area (Å²) in [4.78, 5) is 0. The molecular weight excluding hydrogens is 195 g/mol. The zero-order valence-electron chi connectivity index (χ0n) is 9.33. The lowest BCUT2D eigenvalue weighted by molar-refractivity contribution is 0.134. The Morgan fingerprint density at radius 2 is 2.07 bits per heavy atom. The third kappa shape index (κ3) is 2.93. The SMILES string of the molecule is COc1cccc(CC(C)C(C)O)c1F. The molecule has 0 saturated carbocycles. The lowest BCUT2D eigenvalue weighted by Gasteiger charge is -2.15. The van der Waals surface area contributed by atoms with Crippen LogP contribution in [0.1, 0.15) is 19.4 Å². The van der Waals surface area contributed by atoms with Crippen molar-refractivity contribution in [3.63, 3.8) is 0 Å². The molecule has 0 aliphatic heterocycles. The Kier molecular flexibility index (Phi) is 4.09. The van der Waals surface area contributed by atoms with E-state index in [9.17, 15) is 9.50 Å². The molecule has 1 aromatic carbocycles. The number of aliphatic hydroxyl groups excluding tert-OH is 1. The first-order chi connectivity index (χ1) is 7.06. The van der Waals surface area contributed by atoms with Crippen molar-refractivity contribution in [1.29, 1.82) is 0 Å². The monoisotopic (exact) mass is 212 g/mol. The third-order valence-corrected chi connectivity index (χ3v) is 2.63. The normalized spacial score (nSPS) is 14.7. The first-order valence-electron chi connectivity index (χ1n) is 5.05. The molecule has 2 atom stereocenters. The molecule has 0 fully saturated rings. The molecule has 1 aromatic rings. The van der Waals surface area contributed by atoms with Crippen LogP contribution in [0.5, 0.6) is 5.75 Å². The lowest BCUT2D eigenvalue weighted by Crippen LogP contribution is -2.16. The van der Waals surface area contributed by atoms with Gasteiger partial charge < -0.3 is 9.84 Å². The van der Waals surface area contributed by atoms with Crippen LogP contribution in [-0.2, 0) is 6.42 Å². The summed E-state index contributed by atoms with van der Waals surface area (Å²) >= 11 is 0. The van der Waals surface area contributed by atoms with Crippen LogP contribution in [0.2, 0.25) is 0 Å². The smallest absolute Gasteiger partial charge is 0.168 e. The lowest BCUT2D eigenvalue weighted by atomic mass is 9.96. The minimum Gasteiger partial charge on any atom is -0.494 e. The quantitative estimate of drug-likeness (QED) is 0.830. The summed E-state index contributed by atoms with van der Waals surface area (Å²) < 4.78 is 18.6. The van der Waals surface area contributed by atoms with E-state index in [1.165, 1.54) is 7.11 Å². The fourth-order valence-corrected chi connectivity index (χ4v) is 1.39. The largest absolute Gasteiger partial charge is 0.494 e. The zero-order valence-corrected chi connectivity index (χ0v) is 9.33. The van der Waals surface area contributed by atoms with E-state index >= 15 is 0 Å². The number of ether oxygens (including phenoxy) is 1. The summed E-state index contributed by atoms with van der Waals surface area (Å²) in [6.45, 7) is 3.60. The van der Waals surface area contributed by atoms with Crippen LogP contribution in [0.3, 0.4) is 0 Å². The number of benzene rings is 1. The van der Waals surface area contributed by atoms with Gasteiger partial charge >= 0.3 is 0 Å². The molecule has 3 heteroatoms. The van der Waals surface area contributed by atoms with Gasteiger partial charge in [-0.3, -0.25) is 0 Å². The molecule has 0 radical (unpaired) electrons. The van der Waals surface area contributed by atoms with E-state index in [2.05, 4.69) is 0 Å². The minimum atomic E-state index is -0.435. The van der Waals surface area contributed by atoms with Crippen LogP contribution in [-0.4, -0.2) is 18.3 Å². The standard InChI is InChI=1S/C12H17FO2/c1-8(9(2)14)7-10-5-4-6-11(15-3)12(10)13/h4-6,8-9,14H,7H2,1-3H3. The van der Waals surface area contributed by atoms with Gasteiger partial charge in [-0.25, -0.2) is 4.39 Å². The van der Waals surface area contributed by atoms with Gasteiger partial charge in [-0.15, -0.1) is 0 Å². The second kappa shape index (κ2) is 5.12. The van der Waals surface area contributed by atoms with Crippen LogP contribution in [0.15, 0.2) is 18.2 Å². The second-order valence-electron chi connectivity index (χ2n) is 3.86. The van der Waals surface area contributed by atoms with E-state index < -0.39 is 6.10 Å². The maximum atomic E-state index is 13.7. The van der Waals surface area contributed by atoms with E-state index in [-0.39, 0.29) is 17.5 Å². The third-order valence-electron chi connectivity index (χ3n) is 2.63. The predicted octanol–water partition coefficient (Wildman–Crippen LogP) is 2.39. The molecule has 0 spiro atoms. The van der Waals surface area contributed by atoms with Crippen molar-refractivity contribution >= 4 is 0 Å². The number of hydrogen-bond acceptors (Lipinski definition) is 2. The van der Waals surface area contributed by atoms with Gasteiger partial charge in [0.05, 0.1) is 13.2 Å². The van der Waals surface area contributed by atoms with Crippen LogP contribution >= 0.6 is 0 Å². The molecule has 0 bridgehead atoms. The minimum absolute atomic E-state index is 0.0339. The molecule has 0 aromatic heterocycles. The number of methoxy groups -OCH3 is 1. The fourth-order valence-electron chi connectivity index (χ4n) is 1.39. The van der Waals surface area contributed by atoms with E-state index in [0.29, 0.717) is 12.0 Å². The number of hydrogen-bond donors (Lipinski definition) is 1. The van der Waals surface area contributed by atoms with E-state index in [0.717, 1.165) is 0 Å². The topological polar surface area (TPSA) is 29.5 Å². The molecule has 1 rings (SSSR count). The first-order valence-corrected chi connectivity index (χ1v) is 5.05. The Bertz CT molecular complexity index is 323. The van der Waals surface area contributed by atoms with Crippen molar-refractivity contribution in [2.75, 3.05) is 7.11 Å². The Labute approximate surface area is 89.7 Å². The van der Waals surface area contributed by atoms with Crippen molar-refractivity contribution in [3.8, 4) is 5.75 Å². The highest BCUT2D eigenvalue weighted by Gasteiger charge is 2.14. The highest BCUT2D eigenvalue weighted by atomic mass is 19.1. The highest BCUT2D eigenvalue weighted by molar-refractivity contribution is 5.31. The van der Waals surface area contributed by atoms with E-state index in [1.807, 2.05) is 6.92 Å². The predicted molar refractivity (Wildman–Crippen MR) is 57.5 cm³/mol. The van der Waals surface area contributed by atoms with Gasteiger partial charge in [-0.1, -0.05) is 19.1 Å². The van der Waals surface area contributed by atoms with Gasteiger partial charge in [0, 0.05) is 0 Å². The Hall–Kier alpha value is -1.09. The molecule has 84 valence electrons. The van der Waals surface area contributed by atoms with Gasteiger partial charge in [0.25, 0.3) is 0 Å². The Morgan fingerprint density at radius 3 is 2.60 bits per heavy atom. The van der Waals surface area contributed by atoms with Crippen LogP contribution in [0, 0.1) is 11.7 Å². The van der Waals surface area contributed by atoms with Crippen molar-refractivity contribution in [3.05, 3.63) is 29.6 Å². The summed E-state index contributed by atoms with van der Waals surface area (Å²) in [6.07, 6.45) is 0.0800. The van der Waals surface area contributed by atoms with E-state index in [4.69, 9.17) is 4.74 Å². The van der Waals surface area contributed by atoms with Gasteiger partial charge in [0.2, 0.25) is 0 Å². The van der Waals surface area contributed by atoms with Crippen LogP contribution < -0.4 is 4.74 Å². The number of halogens is 1. The van der Waals surface area contributed by atoms with Crippen LogP contribution in [0.4, 0.5) is 4.39 Å². The molecular formula is C12H17FO2. The summed E-state index contributed by atoms with van der Waals surface area (Å²) in [5.41, 5.74) is 0.586. The van der Waals surface area contributed by atoms with E-state index in [1.54, 1.807) is 25.1 Å². The van der Waals surface area contributed by atoms with Gasteiger partial charge in [-0.05, 0) is 30.9 Å². The molecule has 15 heavy (non-hydrogen) atoms. The summed E-state index contributed by atoms with van der Waals surface area (Å²) in [6, 6.07) is 5.06.